The molecule has 0 radical (unpaired) electrons. The summed E-state index contributed by atoms with van der Waals surface area (Å²) in [5.74, 6) is -0.314. The van der Waals surface area contributed by atoms with Gasteiger partial charge >= 0.3 is 0 Å². The summed E-state index contributed by atoms with van der Waals surface area (Å²) in [6, 6.07) is 4.98. The van der Waals surface area contributed by atoms with Crippen LogP contribution in [0, 0.1) is 5.82 Å². The number of hydrogen-bond acceptors (Lipinski definition) is 1. The molecule has 0 aliphatic carbocycles. The first-order valence-electron chi connectivity index (χ1n) is 4.57. The fourth-order valence-electron chi connectivity index (χ4n) is 1.24. The molecular formula is C12H16FN. The Kier molecular flexibility index (Phi) is 2.65. The summed E-state index contributed by atoms with van der Waals surface area (Å²) in [5.41, 5.74) is 7.22. The van der Waals surface area contributed by atoms with E-state index in [1.54, 1.807) is 12.1 Å². The van der Waals surface area contributed by atoms with Gasteiger partial charge in [-0.25, -0.2) is 4.39 Å². The van der Waals surface area contributed by atoms with Gasteiger partial charge in [0.25, 0.3) is 0 Å². The summed E-state index contributed by atoms with van der Waals surface area (Å²) in [6.45, 7) is 9.77. The quantitative estimate of drug-likeness (QED) is 0.728. The smallest absolute Gasteiger partial charge is 0.132 e. The highest BCUT2D eigenvalue weighted by molar-refractivity contribution is 5.61. The molecule has 2 N–H and O–H groups in total. The van der Waals surface area contributed by atoms with Crippen LogP contribution in [0.15, 0.2) is 24.8 Å². The summed E-state index contributed by atoms with van der Waals surface area (Å²) in [4.78, 5) is 0. The maximum Gasteiger partial charge on any atom is 0.132 e. The largest absolute Gasteiger partial charge is 0.399 e. The molecule has 76 valence electrons. The van der Waals surface area contributed by atoms with Crippen molar-refractivity contribution in [1.82, 2.24) is 0 Å². The summed E-state index contributed by atoms with van der Waals surface area (Å²) in [6.07, 6.45) is 0. The van der Waals surface area contributed by atoms with Crippen molar-refractivity contribution in [3.05, 3.63) is 41.7 Å². The summed E-state index contributed by atoms with van der Waals surface area (Å²) in [7, 11) is 0. The average molecular weight is 193 g/mol. The van der Waals surface area contributed by atoms with E-state index in [9.17, 15) is 4.39 Å². The van der Waals surface area contributed by atoms with Crippen molar-refractivity contribution in [1.29, 1.82) is 0 Å². The third-order valence-electron chi connectivity index (χ3n) is 2.18. The molecule has 0 bridgehead atoms. The average Bonchev–Trinajstić information content (AvgIpc) is 2.02. The zero-order valence-corrected chi connectivity index (χ0v) is 8.89. The van der Waals surface area contributed by atoms with E-state index >= 15 is 0 Å². The van der Waals surface area contributed by atoms with E-state index in [0.29, 0.717) is 5.56 Å². The Hall–Kier alpha value is -1.31. The molecule has 0 saturated heterocycles. The molecule has 0 amide bonds. The molecule has 0 fully saturated rings. The molecule has 1 rings (SSSR count). The molecule has 0 spiro atoms. The summed E-state index contributed by atoms with van der Waals surface area (Å²) >= 11 is 0. The maximum absolute atomic E-state index is 13.3. The van der Waals surface area contributed by atoms with Gasteiger partial charge in [-0.1, -0.05) is 33.4 Å². The van der Waals surface area contributed by atoms with Gasteiger partial charge in [-0.05, 0) is 23.1 Å². The van der Waals surface area contributed by atoms with Gasteiger partial charge in [0.2, 0.25) is 0 Å². The van der Waals surface area contributed by atoms with Crippen molar-refractivity contribution in [3.63, 3.8) is 0 Å². The molecule has 1 nitrogen and oxygen atoms in total. The highest BCUT2D eigenvalue weighted by Gasteiger charge is 2.15. The second kappa shape index (κ2) is 3.45. The molecule has 0 atom stereocenters. The molecular weight excluding hydrogens is 177 g/mol. The van der Waals surface area contributed by atoms with Crippen molar-refractivity contribution >= 4 is 5.70 Å². The van der Waals surface area contributed by atoms with E-state index < -0.39 is 0 Å². The van der Waals surface area contributed by atoms with Crippen LogP contribution in [0.2, 0.25) is 0 Å². The monoisotopic (exact) mass is 193 g/mol. The van der Waals surface area contributed by atoms with Gasteiger partial charge in [0.05, 0.1) is 0 Å². The van der Waals surface area contributed by atoms with E-state index in [4.69, 9.17) is 5.73 Å². The van der Waals surface area contributed by atoms with E-state index in [0.717, 1.165) is 5.56 Å². The molecule has 2 heteroatoms. The number of hydrogen-bond donors (Lipinski definition) is 1. The first-order chi connectivity index (χ1) is 6.32. The van der Waals surface area contributed by atoms with Crippen molar-refractivity contribution in [2.24, 2.45) is 5.73 Å². The number of halogens is 1. The summed E-state index contributed by atoms with van der Waals surface area (Å²) in [5, 5.41) is 0. The van der Waals surface area contributed by atoms with Crippen molar-refractivity contribution < 1.29 is 4.39 Å². The van der Waals surface area contributed by atoms with Crippen LogP contribution in [0.3, 0.4) is 0 Å². The maximum atomic E-state index is 13.3. The SMILES string of the molecule is C=C(N)c1cc(C(C)(C)C)ccc1F. The Morgan fingerprint density at radius 1 is 1.36 bits per heavy atom. The topological polar surface area (TPSA) is 26.0 Å². The lowest BCUT2D eigenvalue weighted by atomic mass is 9.86. The van der Waals surface area contributed by atoms with Crippen molar-refractivity contribution in [2.45, 2.75) is 26.2 Å². The lowest BCUT2D eigenvalue weighted by Crippen LogP contribution is -2.12. The van der Waals surface area contributed by atoms with Crippen LogP contribution in [0.4, 0.5) is 4.39 Å². The van der Waals surface area contributed by atoms with Crippen LogP contribution >= 0.6 is 0 Å². The molecule has 14 heavy (non-hydrogen) atoms. The lowest BCUT2D eigenvalue weighted by molar-refractivity contribution is 0.581. The minimum Gasteiger partial charge on any atom is -0.399 e. The van der Waals surface area contributed by atoms with Gasteiger partial charge in [-0.15, -0.1) is 0 Å². The summed E-state index contributed by atoms with van der Waals surface area (Å²) < 4.78 is 13.3. The van der Waals surface area contributed by atoms with Gasteiger partial charge in [0, 0.05) is 11.3 Å². The fourth-order valence-corrected chi connectivity index (χ4v) is 1.24. The fraction of sp³-hybridized carbons (Fsp3) is 0.333. The van der Waals surface area contributed by atoms with Crippen molar-refractivity contribution in [2.75, 3.05) is 0 Å². The van der Waals surface area contributed by atoms with Crippen LogP contribution in [0.5, 0.6) is 0 Å². The Labute approximate surface area is 84.4 Å². The highest BCUT2D eigenvalue weighted by atomic mass is 19.1. The highest BCUT2D eigenvalue weighted by Crippen LogP contribution is 2.25. The van der Waals surface area contributed by atoms with Crippen LogP contribution < -0.4 is 5.73 Å². The first-order valence-corrected chi connectivity index (χ1v) is 4.57. The minimum absolute atomic E-state index is 0.00208. The Balaban J connectivity index is 3.27. The normalized spacial score (nSPS) is 11.4. The second-order valence-corrected chi connectivity index (χ2v) is 4.47. The molecule has 0 aliphatic rings. The molecule has 0 aromatic heterocycles. The molecule has 0 saturated carbocycles. The van der Waals surface area contributed by atoms with Crippen LogP contribution in [0.25, 0.3) is 5.70 Å². The van der Waals surface area contributed by atoms with Crippen LogP contribution in [0.1, 0.15) is 31.9 Å². The lowest BCUT2D eigenvalue weighted by Gasteiger charge is -2.20. The zero-order valence-electron chi connectivity index (χ0n) is 8.89. The second-order valence-electron chi connectivity index (χ2n) is 4.47. The van der Waals surface area contributed by atoms with Gasteiger partial charge in [0.15, 0.2) is 0 Å². The number of nitrogens with two attached hydrogens (primary N) is 1. The van der Waals surface area contributed by atoms with E-state index in [2.05, 4.69) is 27.4 Å². The third-order valence-corrected chi connectivity index (χ3v) is 2.18. The van der Waals surface area contributed by atoms with Gasteiger partial charge in [-0.3, -0.25) is 0 Å². The van der Waals surface area contributed by atoms with Crippen LogP contribution in [-0.2, 0) is 5.41 Å². The van der Waals surface area contributed by atoms with Gasteiger partial charge < -0.3 is 5.73 Å². The molecule has 0 unspecified atom stereocenters. The molecule has 1 aromatic carbocycles. The molecule has 0 aliphatic heterocycles. The zero-order chi connectivity index (χ0) is 10.9. The van der Waals surface area contributed by atoms with Gasteiger partial charge in [0.1, 0.15) is 5.82 Å². The predicted octanol–water partition coefficient (Wildman–Crippen LogP) is 3.05. The van der Waals surface area contributed by atoms with Crippen molar-refractivity contribution in [3.8, 4) is 0 Å². The molecule has 1 aromatic rings. The minimum atomic E-state index is -0.314. The van der Waals surface area contributed by atoms with E-state index in [1.165, 1.54) is 6.07 Å². The van der Waals surface area contributed by atoms with Gasteiger partial charge in [-0.2, -0.15) is 0 Å². The Bertz CT molecular complexity index is 361. The number of rotatable bonds is 1. The standard InChI is InChI=1S/C12H16FN/c1-8(14)10-7-9(12(2,3)4)5-6-11(10)13/h5-7H,1,14H2,2-4H3. The van der Waals surface area contributed by atoms with E-state index in [1.807, 2.05) is 0 Å². The Morgan fingerprint density at radius 2 is 1.93 bits per heavy atom. The van der Waals surface area contributed by atoms with Crippen LogP contribution in [-0.4, -0.2) is 0 Å². The first kappa shape index (κ1) is 10.8. The Morgan fingerprint density at radius 3 is 2.36 bits per heavy atom. The van der Waals surface area contributed by atoms with E-state index in [-0.39, 0.29) is 16.9 Å². The third kappa shape index (κ3) is 2.13. The molecule has 0 heterocycles. The number of benzene rings is 1. The predicted molar refractivity (Wildman–Crippen MR) is 58.3 cm³/mol.